The topological polar surface area (TPSA) is 12.4 Å². The predicted octanol–water partition coefficient (Wildman–Crippen LogP) is 2.48. The summed E-state index contributed by atoms with van der Waals surface area (Å²) in [6, 6.07) is 8.02. The maximum Gasteiger partial charge on any atom is 0.120 e. The molecule has 0 spiro atoms. The Labute approximate surface area is 82.3 Å². The molecular weight excluding hydrogens is 178 g/mol. The monoisotopic (exact) mass is 187 g/mol. The smallest absolute Gasteiger partial charge is 0.120 e. The Bertz CT molecular complexity index is 376. The van der Waals surface area contributed by atoms with Crippen molar-refractivity contribution in [1.29, 1.82) is 0 Å². The second kappa shape index (κ2) is 3.68. The van der Waals surface area contributed by atoms with Gasteiger partial charge in [0.1, 0.15) is 5.37 Å². The minimum atomic E-state index is 0.258. The zero-order chi connectivity index (χ0) is 9.10. The lowest BCUT2D eigenvalue weighted by Gasteiger charge is -2.06. The summed E-state index contributed by atoms with van der Waals surface area (Å²) in [6.07, 6.45) is 7.28. The van der Waals surface area contributed by atoms with Crippen molar-refractivity contribution in [2.24, 2.45) is 4.99 Å². The van der Waals surface area contributed by atoms with Crippen LogP contribution in [0.15, 0.2) is 29.3 Å². The Balaban J connectivity index is 2.30. The van der Waals surface area contributed by atoms with E-state index in [1.54, 1.807) is 0 Å². The zero-order valence-corrected chi connectivity index (χ0v) is 7.92. The quantitative estimate of drug-likeness (QED) is 0.615. The molecule has 1 unspecified atom stereocenters. The summed E-state index contributed by atoms with van der Waals surface area (Å²) in [7, 11) is 0. The van der Waals surface area contributed by atoms with E-state index in [2.05, 4.69) is 17.0 Å². The van der Waals surface area contributed by atoms with Crippen molar-refractivity contribution in [3.8, 4) is 12.3 Å². The molecule has 0 radical (unpaired) electrons. The molecule has 0 bridgehead atoms. The number of hydrogen-bond acceptors (Lipinski definition) is 2. The first-order valence-electron chi connectivity index (χ1n) is 4.10. The first-order valence-corrected chi connectivity index (χ1v) is 5.15. The van der Waals surface area contributed by atoms with Crippen LogP contribution in [-0.2, 0) is 0 Å². The molecule has 0 N–H and O–H groups in total. The summed E-state index contributed by atoms with van der Waals surface area (Å²) in [5, 5.41) is 0.258. The van der Waals surface area contributed by atoms with Gasteiger partial charge in [-0.15, -0.1) is 18.2 Å². The Hall–Kier alpha value is -1.20. The third kappa shape index (κ3) is 1.76. The summed E-state index contributed by atoms with van der Waals surface area (Å²) >= 11 is 1.82. The molecule has 1 atom stereocenters. The van der Waals surface area contributed by atoms with Gasteiger partial charge in [-0.25, -0.2) is 0 Å². The second-order valence-corrected chi connectivity index (χ2v) is 3.90. The van der Waals surface area contributed by atoms with Gasteiger partial charge in [-0.1, -0.05) is 18.1 Å². The molecule has 0 aliphatic carbocycles. The molecule has 0 amide bonds. The van der Waals surface area contributed by atoms with Crippen molar-refractivity contribution in [3.63, 3.8) is 0 Å². The summed E-state index contributed by atoms with van der Waals surface area (Å²) in [5.41, 5.74) is 2.13. The fourth-order valence-corrected chi connectivity index (χ4v) is 2.15. The van der Waals surface area contributed by atoms with Crippen LogP contribution in [0.4, 0.5) is 0 Å². The third-order valence-electron chi connectivity index (χ3n) is 1.91. The van der Waals surface area contributed by atoms with E-state index in [9.17, 15) is 0 Å². The highest BCUT2D eigenvalue weighted by molar-refractivity contribution is 8.00. The number of benzene rings is 1. The van der Waals surface area contributed by atoms with Crippen LogP contribution in [0.1, 0.15) is 16.5 Å². The van der Waals surface area contributed by atoms with Gasteiger partial charge < -0.3 is 0 Å². The molecule has 1 nitrogen and oxygen atoms in total. The maximum absolute atomic E-state index is 5.32. The van der Waals surface area contributed by atoms with Crippen LogP contribution in [0.5, 0.6) is 0 Å². The summed E-state index contributed by atoms with van der Waals surface area (Å²) in [6.45, 7) is 0. The van der Waals surface area contributed by atoms with Crippen LogP contribution in [0.2, 0.25) is 0 Å². The molecule has 0 saturated heterocycles. The number of terminal acetylenes is 1. The molecule has 0 fully saturated rings. The van der Waals surface area contributed by atoms with Crippen LogP contribution in [0, 0.1) is 12.3 Å². The van der Waals surface area contributed by atoms with E-state index >= 15 is 0 Å². The molecule has 1 aromatic rings. The Kier molecular flexibility index (Phi) is 2.37. The van der Waals surface area contributed by atoms with Gasteiger partial charge in [-0.3, -0.25) is 4.99 Å². The van der Waals surface area contributed by atoms with Gasteiger partial charge in [0, 0.05) is 17.5 Å². The van der Waals surface area contributed by atoms with E-state index in [0.29, 0.717) is 0 Å². The van der Waals surface area contributed by atoms with E-state index in [0.717, 1.165) is 11.3 Å². The average molecular weight is 187 g/mol. The minimum absolute atomic E-state index is 0.258. The molecule has 13 heavy (non-hydrogen) atoms. The number of thioether (sulfide) groups is 1. The van der Waals surface area contributed by atoms with Crippen LogP contribution in [0.25, 0.3) is 0 Å². The fraction of sp³-hybridized carbons (Fsp3) is 0.182. The van der Waals surface area contributed by atoms with Gasteiger partial charge in [-0.05, 0) is 17.7 Å². The number of nitrogens with zero attached hydrogens (tertiary/aromatic N) is 1. The molecule has 1 aliphatic heterocycles. The van der Waals surface area contributed by atoms with E-state index in [-0.39, 0.29) is 5.37 Å². The predicted molar refractivity (Wildman–Crippen MR) is 58.1 cm³/mol. The van der Waals surface area contributed by atoms with Gasteiger partial charge >= 0.3 is 0 Å². The van der Waals surface area contributed by atoms with Gasteiger partial charge in [0.2, 0.25) is 0 Å². The largest absolute Gasteiger partial charge is 0.278 e. The van der Waals surface area contributed by atoms with Crippen molar-refractivity contribution in [2.45, 2.75) is 5.37 Å². The molecule has 1 heterocycles. The van der Waals surface area contributed by atoms with Crippen LogP contribution in [0.3, 0.4) is 0 Å². The number of hydrogen-bond donors (Lipinski definition) is 0. The van der Waals surface area contributed by atoms with E-state index in [1.807, 2.05) is 36.2 Å². The average Bonchev–Trinajstić information content (AvgIpc) is 2.71. The van der Waals surface area contributed by atoms with Crippen LogP contribution < -0.4 is 0 Å². The maximum atomic E-state index is 5.32. The second-order valence-electron chi connectivity index (χ2n) is 2.79. The normalized spacial score (nSPS) is 20.1. The van der Waals surface area contributed by atoms with Gasteiger partial charge in [0.15, 0.2) is 0 Å². The standard InChI is InChI=1S/C11H9NS/c1-2-9-4-3-5-10(8-9)11-12-6-7-13-11/h1,3-6,8,11H,7H2. The van der Waals surface area contributed by atoms with Gasteiger partial charge in [0.05, 0.1) is 0 Å². The lowest BCUT2D eigenvalue weighted by Crippen LogP contribution is -1.87. The Morgan fingerprint density at radius 3 is 3.15 bits per heavy atom. The lowest BCUT2D eigenvalue weighted by molar-refractivity contribution is 1.06. The van der Waals surface area contributed by atoms with E-state index < -0.39 is 0 Å². The van der Waals surface area contributed by atoms with Gasteiger partial charge in [0.25, 0.3) is 0 Å². The Morgan fingerprint density at radius 1 is 1.54 bits per heavy atom. The molecule has 1 aromatic carbocycles. The molecule has 2 rings (SSSR count). The van der Waals surface area contributed by atoms with Crippen LogP contribution in [-0.4, -0.2) is 12.0 Å². The molecular formula is C11H9NS. The summed E-state index contributed by atoms with van der Waals surface area (Å²) in [5.74, 6) is 3.63. The highest BCUT2D eigenvalue weighted by atomic mass is 32.2. The highest BCUT2D eigenvalue weighted by Crippen LogP contribution is 2.33. The van der Waals surface area contributed by atoms with Crippen molar-refractivity contribution >= 4 is 18.0 Å². The van der Waals surface area contributed by atoms with Crippen LogP contribution >= 0.6 is 11.8 Å². The summed E-state index contributed by atoms with van der Waals surface area (Å²) < 4.78 is 0. The Morgan fingerprint density at radius 2 is 2.46 bits per heavy atom. The van der Waals surface area contributed by atoms with Crippen molar-refractivity contribution in [3.05, 3.63) is 35.4 Å². The minimum Gasteiger partial charge on any atom is -0.278 e. The molecule has 64 valence electrons. The molecule has 0 saturated carbocycles. The first-order chi connectivity index (χ1) is 6.40. The van der Waals surface area contributed by atoms with Crippen molar-refractivity contribution in [1.82, 2.24) is 0 Å². The van der Waals surface area contributed by atoms with E-state index in [4.69, 9.17) is 6.42 Å². The number of aliphatic imine (C=N–C) groups is 1. The number of rotatable bonds is 1. The van der Waals surface area contributed by atoms with Gasteiger partial charge in [-0.2, -0.15) is 0 Å². The van der Waals surface area contributed by atoms with Crippen molar-refractivity contribution < 1.29 is 0 Å². The van der Waals surface area contributed by atoms with E-state index in [1.165, 1.54) is 5.56 Å². The first kappa shape index (κ1) is 8.40. The summed E-state index contributed by atoms with van der Waals surface area (Å²) in [4.78, 5) is 4.35. The lowest BCUT2D eigenvalue weighted by atomic mass is 10.1. The molecule has 1 aliphatic rings. The van der Waals surface area contributed by atoms with Crippen molar-refractivity contribution in [2.75, 3.05) is 5.75 Å². The SMILES string of the molecule is C#Cc1cccc(C2N=CCS2)c1. The zero-order valence-electron chi connectivity index (χ0n) is 7.10. The fourth-order valence-electron chi connectivity index (χ4n) is 1.28. The highest BCUT2D eigenvalue weighted by Gasteiger charge is 2.12. The third-order valence-corrected chi connectivity index (χ3v) is 2.96. The molecule has 0 aromatic heterocycles. The molecule has 2 heteroatoms.